The van der Waals surface area contributed by atoms with E-state index in [-0.39, 0.29) is 10.8 Å². The van der Waals surface area contributed by atoms with Crippen molar-refractivity contribution in [3.63, 3.8) is 0 Å². The van der Waals surface area contributed by atoms with Gasteiger partial charge in [-0.15, -0.1) is 0 Å². The lowest BCUT2D eigenvalue weighted by molar-refractivity contribution is -0.118. The molecule has 6 heteroatoms. The predicted molar refractivity (Wildman–Crippen MR) is 94.8 cm³/mol. The van der Waals surface area contributed by atoms with E-state index < -0.39 is 10.0 Å². The zero-order valence-corrected chi connectivity index (χ0v) is 14.6. The van der Waals surface area contributed by atoms with Crippen LogP contribution in [0.25, 0.3) is 0 Å². The Balaban J connectivity index is 1.98. The highest BCUT2D eigenvalue weighted by atomic mass is 32.2. The molecule has 0 unspecified atom stereocenters. The van der Waals surface area contributed by atoms with E-state index >= 15 is 0 Å². The molecule has 0 aromatic heterocycles. The molecule has 0 saturated carbocycles. The number of benzene rings is 2. The van der Waals surface area contributed by atoms with Crippen molar-refractivity contribution in [3.05, 3.63) is 53.6 Å². The fraction of sp³-hybridized carbons (Fsp3) is 0.278. The van der Waals surface area contributed by atoms with Gasteiger partial charge in [-0.3, -0.25) is 9.52 Å². The highest BCUT2D eigenvalue weighted by Crippen LogP contribution is 2.37. The number of aryl methyl sites for hydroxylation is 1. The van der Waals surface area contributed by atoms with E-state index in [1.807, 2.05) is 19.1 Å². The second kappa shape index (κ2) is 6.28. The van der Waals surface area contributed by atoms with Gasteiger partial charge in [0.25, 0.3) is 10.0 Å². The molecule has 2 aromatic rings. The van der Waals surface area contributed by atoms with Gasteiger partial charge < -0.3 is 4.90 Å². The van der Waals surface area contributed by atoms with Gasteiger partial charge in [0.2, 0.25) is 5.91 Å². The van der Waals surface area contributed by atoms with Gasteiger partial charge in [-0.1, -0.05) is 36.8 Å². The molecule has 1 heterocycles. The van der Waals surface area contributed by atoms with E-state index in [0.717, 1.165) is 17.5 Å². The van der Waals surface area contributed by atoms with Gasteiger partial charge in [0.15, 0.2) is 0 Å². The first kappa shape index (κ1) is 16.5. The van der Waals surface area contributed by atoms with Crippen LogP contribution in [-0.2, 0) is 21.2 Å². The number of carbonyl (C=O) groups excluding carboxylic acids is 1. The highest BCUT2D eigenvalue weighted by Gasteiger charge is 2.28. The van der Waals surface area contributed by atoms with Crippen LogP contribution in [0.2, 0.25) is 0 Å². The quantitative estimate of drug-likeness (QED) is 0.927. The Morgan fingerprint density at radius 2 is 1.88 bits per heavy atom. The number of nitrogens with zero attached hydrogens (tertiary/aromatic N) is 1. The van der Waals surface area contributed by atoms with Crippen LogP contribution in [0.5, 0.6) is 0 Å². The Morgan fingerprint density at radius 3 is 2.54 bits per heavy atom. The second-order valence-corrected chi connectivity index (χ2v) is 7.56. The first-order chi connectivity index (χ1) is 11.4. The van der Waals surface area contributed by atoms with E-state index in [9.17, 15) is 13.2 Å². The molecule has 0 aliphatic carbocycles. The summed E-state index contributed by atoms with van der Waals surface area (Å²) in [6.07, 6.45) is 1.12. The van der Waals surface area contributed by atoms with Gasteiger partial charge in [-0.25, -0.2) is 8.42 Å². The van der Waals surface area contributed by atoms with Crippen LogP contribution in [0, 0.1) is 6.92 Å². The number of hydrogen-bond donors (Lipinski definition) is 1. The third-order valence-electron chi connectivity index (χ3n) is 4.17. The van der Waals surface area contributed by atoms with Crippen LogP contribution in [0.15, 0.2) is 47.4 Å². The molecule has 1 aliphatic rings. The van der Waals surface area contributed by atoms with Gasteiger partial charge in [0.1, 0.15) is 0 Å². The summed E-state index contributed by atoms with van der Waals surface area (Å²) in [6.45, 7) is 4.30. The minimum atomic E-state index is -3.70. The lowest BCUT2D eigenvalue weighted by atomic mass is 10.1. The molecule has 0 saturated heterocycles. The molecule has 1 aliphatic heterocycles. The minimum Gasteiger partial charge on any atom is -0.310 e. The molecule has 5 nitrogen and oxygen atoms in total. The molecule has 2 aromatic carbocycles. The molecule has 0 atom stereocenters. The highest BCUT2D eigenvalue weighted by molar-refractivity contribution is 7.92. The third-order valence-corrected chi connectivity index (χ3v) is 5.55. The smallest absolute Gasteiger partial charge is 0.261 e. The van der Waals surface area contributed by atoms with Gasteiger partial charge in [0, 0.05) is 13.0 Å². The number of fused-ring (bicyclic) bond motifs is 1. The molecule has 126 valence electrons. The van der Waals surface area contributed by atoms with Crippen molar-refractivity contribution < 1.29 is 13.2 Å². The Bertz CT molecular complexity index is 874. The number of amides is 1. The molecule has 0 fully saturated rings. The van der Waals surface area contributed by atoms with E-state index in [1.165, 1.54) is 0 Å². The maximum absolute atomic E-state index is 12.6. The summed E-state index contributed by atoms with van der Waals surface area (Å²) in [4.78, 5) is 14.0. The summed E-state index contributed by atoms with van der Waals surface area (Å²) in [6, 6.07) is 12.1. The normalized spacial score (nSPS) is 13.7. The molecule has 0 bridgehead atoms. The van der Waals surface area contributed by atoms with Crippen LogP contribution < -0.4 is 9.62 Å². The average Bonchev–Trinajstić information content (AvgIpc) is 2.99. The third kappa shape index (κ3) is 3.01. The van der Waals surface area contributed by atoms with Crippen molar-refractivity contribution >= 4 is 27.3 Å². The van der Waals surface area contributed by atoms with Gasteiger partial charge in [-0.2, -0.15) is 0 Å². The zero-order chi connectivity index (χ0) is 17.3. The summed E-state index contributed by atoms with van der Waals surface area (Å²) in [5.74, 6) is -0.00395. The van der Waals surface area contributed by atoms with Crippen LogP contribution in [0.3, 0.4) is 0 Å². The first-order valence-electron chi connectivity index (χ1n) is 7.94. The summed E-state index contributed by atoms with van der Waals surface area (Å²) in [5.41, 5.74) is 3.11. The van der Waals surface area contributed by atoms with Crippen molar-refractivity contribution in [3.8, 4) is 0 Å². The lowest BCUT2D eigenvalue weighted by Gasteiger charge is -2.20. The fourth-order valence-corrected chi connectivity index (χ4v) is 3.97. The molecule has 1 amide bonds. The first-order valence-corrected chi connectivity index (χ1v) is 9.42. The molecule has 1 N–H and O–H groups in total. The molecule has 3 rings (SSSR count). The summed E-state index contributed by atoms with van der Waals surface area (Å²) in [5, 5.41) is 0. The van der Waals surface area contributed by atoms with Crippen LogP contribution >= 0.6 is 0 Å². The Hall–Kier alpha value is -2.34. The summed E-state index contributed by atoms with van der Waals surface area (Å²) < 4.78 is 27.9. The Morgan fingerprint density at radius 1 is 1.17 bits per heavy atom. The average molecular weight is 344 g/mol. The van der Waals surface area contributed by atoms with E-state index in [0.29, 0.717) is 24.3 Å². The van der Waals surface area contributed by atoms with Gasteiger partial charge >= 0.3 is 0 Å². The maximum Gasteiger partial charge on any atom is 0.261 e. The Kier molecular flexibility index (Phi) is 4.32. The largest absolute Gasteiger partial charge is 0.310 e. The predicted octanol–water partition coefficient (Wildman–Crippen LogP) is 3.09. The van der Waals surface area contributed by atoms with E-state index in [1.54, 1.807) is 42.2 Å². The van der Waals surface area contributed by atoms with Crippen molar-refractivity contribution in [1.82, 2.24) is 0 Å². The van der Waals surface area contributed by atoms with E-state index in [4.69, 9.17) is 0 Å². The monoisotopic (exact) mass is 344 g/mol. The molecule has 24 heavy (non-hydrogen) atoms. The fourth-order valence-electron chi connectivity index (χ4n) is 2.90. The maximum atomic E-state index is 12.6. The van der Waals surface area contributed by atoms with Crippen molar-refractivity contribution in [1.29, 1.82) is 0 Å². The minimum absolute atomic E-state index is 0.00395. The number of carbonyl (C=O) groups is 1. The SMILES string of the molecule is CCC(=O)N1CCc2cccc(NS(=O)(=O)c3ccc(C)cc3)c21. The summed E-state index contributed by atoms with van der Waals surface area (Å²) >= 11 is 0. The Labute approximate surface area is 142 Å². The zero-order valence-electron chi connectivity index (χ0n) is 13.7. The molecule has 0 radical (unpaired) electrons. The van der Waals surface area contributed by atoms with Crippen LogP contribution in [0.1, 0.15) is 24.5 Å². The number of sulfonamides is 1. The number of rotatable bonds is 4. The standard InChI is InChI=1S/C18H20N2O3S/c1-3-17(21)20-12-11-14-5-4-6-16(18(14)20)19-24(22,23)15-9-7-13(2)8-10-15/h4-10,19H,3,11-12H2,1-2H3. The van der Waals surface area contributed by atoms with Crippen LogP contribution in [0.4, 0.5) is 11.4 Å². The number of anilines is 2. The molecule has 0 spiro atoms. The van der Waals surface area contributed by atoms with Crippen molar-refractivity contribution in [2.45, 2.75) is 31.6 Å². The number of para-hydroxylation sites is 1. The molecular weight excluding hydrogens is 324 g/mol. The van der Waals surface area contributed by atoms with Crippen molar-refractivity contribution in [2.75, 3.05) is 16.2 Å². The second-order valence-electron chi connectivity index (χ2n) is 5.88. The number of nitrogens with one attached hydrogen (secondary N) is 1. The lowest BCUT2D eigenvalue weighted by Crippen LogP contribution is -2.29. The molecular formula is C18H20N2O3S. The number of hydrogen-bond acceptors (Lipinski definition) is 3. The van der Waals surface area contributed by atoms with Gasteiger partial charge in [-0.05, 0) is 37.1 Å². The van der Waals surface area contributed by atoms with Gasteiger partial charge in [0.05, 0.1) is 16.3 Å². The van der Waals surface area contributed by atoms with Crippen molar-refractivity contribution in [2.24, 2.45) is 0 Å². The van der Waals surface area contributed by atoms with Crippen LogP contribution in [-0.4, -0.2) is 20.9 Å². The summed E-state index contributed by atoms with van der Waals surface area (Å²) in [7, 11) is -3.70. The van der Waals surface area contributed by atoms with E-state index in [2.05, 4.69) is 4.72 Å². The topological polar surface area (TPSA) is 66.5 Å².